The maximum Gasteiger partial charge on any atom is 0.313 e. The molecule has 1 aromatic heterocycles. The molecule has 19 heavy (non-hydrogen) atoms. The van der Waals surface area contributed by atoms with Gasteiger partial charge in [0.1, 0.15) is 5.82 Å². The minimum Gasteiger partial charge on any atom is -0.481 e. The molecule has 1 heterocycles. The lowest BCUT2D eigenvalue weighted by Gasteiger charge is -2.11. The van der Waals surface area contributed by atoms with Gasteiger partial charge in [0.2, 0.25) is 0 Å². The summed E-state index contributed by atoms with van der Waals surface area (Å²) in [6.07, 6.45) is 3.24. The molecule has 4 nitrogen and oxygen atoms in total. The number of aromatic nitrogens is 2. The number of carboxylic acid groups (broad SMARTS) is 1. The van der Waals surface area contributed by atoms with Gasteiger partial charge in [-0.3, -0.25) is 9.36 Å². The van der Waals surface area contributed by atoms with Gasteiger partial charge in [-0.05, 0) is 40.5 Å². The third kappa shape index (κ3) is 3.16. The van der Waals surface area contributed by atoms with E-state index in [4.69, 9.17) is 5.11 Å². The SMILES string of the molecule is Cc1cc(Br)c(F)cc1-n1ccnc1SCC(=O)O. The van der Waals surface area contributed by atoms with Crippen LogP contribution in [-0.2, 0) is 4.79 Å². The van der Waals surface area contributed by atoms with Gasteiger partial charge >= 0.3 is 5.97 Å². The van der Waals surface area contributed by atoms with E-state index in [1.807, 2.05) is 6.92 Å². The summed E-state index contributed by atoms with van der Waals surface area (Å²) in [6, 6.07) is 3.07. The standard InChI is InChI=1S/C12H10BrFN2O2S/c1-7-4-8(13)9(14)5-10(7)16-3-2-15-12(16)19-6-11(17)18/h2-5H,6H2,1H3,(H,17,18). The van der Waals surface area contributed by atoms with Gasteiger partial charge in [-0.1, -0.05) is 11.8 Å². The molecule has 7 heteroatoms. The van der Waals surface area contributed by atoms with E-state index < -0.39 is 5.97 Å². The normalized spacial score (nSPS) is 10.7. The number of carboxylic acids is 1. The zero-order valence-corrected chi connectivity index (χ0v) is 12.3. The first kappa shape index (κ1) is 14.1. The van der Waals surface area contributed by atoms with E-state index in [1.165, 1.54) is 6.07 Å². The van der Waals surface area contributed by atoms with Crippen LogP contribution in [0.3, 0.4) is 0 Å². The third-order valence-corrected chi connectivity index (χ3v) is 3.99. The fourth-order valence-corrected chi connectivity index (χ4v) is 2.75. The van der Waals surface area contributed by atoms with Crippen molar-refractivity contribution < 1.29 is 14.3 Å². The smallest absolute Gasteiger partial charge is 0.313 e. The van der Waals surface area contributed by atoms with Crippen molar-refractivity contribution in [3.05, 3.63) is 40.4 Å². The molecule has 0 atom stereocenters. The van der Waals surface area contributed by atoms with Crippen molar-refractivity contribution in [3.8, 4) is 5.69 Å². The first-order chi connectivity index (χ1) is 8.99. The predicted molar refractivity (Wildman–Crippen MR) is 74.3 cm³/mol. The van der Waals surface area contributed by atoms with Crippen LogP contribution < -0.4 is 0 Å². The van der Waals surface area contributed by atoms with Gasteiger partial charge in [0, 0.05) is 12.4 Å². The summed E-state index contributed by atoms with van der Waals surface area (Å²) < 4.78 is 15.7. The highest BCUT2D eigenvalue weighted by Gasteiger charge is 2.12. The minimum atomic E-state index is -0.918. The Labute approximate surface area is 121 Å². The zero-order valence-electron chi connectivity index (χ0n) is 9.93. The molecule has 0 saturated heterocycles. The van der Waals surface area contributed by atoms with Gasteiger partial charge in [0.15, 0.2) is 5.16 Å². The molecule has 1 N–H and O–H groups in total. The Kier molecular flexibility index (Phi) is 4.26. The van der Waals surface area contributed by atoms with Crippen LogP contribution in [0, 0.1) is 12.7 Å². The maximum atomic E-state index is 13.6. The summed E-state index contributed by atoms with van der Waals surface area (Å²) in [5.74, 6) is -1.38. The lowest BCUT2D eigenvalue weighted by atomic mass is 10.2. The minimum absolute atomic E-state index is 0.0882. The van der Waals surface area contributed by atoms with Gasteiger partial charge < -0.3 is 5.11 Å². The molecule has 2 rings (SSSR count). The molecule has 0 amide bonds. The fourth-order valence-electron chi connectivity index (χ4n) is 1.60. The van der Waals surface area contributed by atoms with Crippen molar-refractivity contribution in [2.24, 2.45) is 0 Å². The predicted octanol–water partition coefficient (Wildman–Crippen LogP) is 3.26. The highest BCUT2D eigenvalue weighted by Crippen LogP contribution is 2.26. The molecule has 0 saturated carbocycles. The zero-order chi connectivity index (χ0) is 14.0. The van der Waals surface area contributed by atoms with Crippen molar-refractivity contribution in [2.75, 3.05) is 5.75 Å². The van der Waals surface area contributed by atoms with Crippen LogP contribution in [-0.4, -0.2) is 26.4 Å². The molecule has 1 aromatic carbocycles. The molecule has 0 aliphatic carbocycles. The summed E-state index contributed by atoms with van der Waals surface area (Å²) in [7, 11) is 0. The van der Waals surface area contributed by atoms with Gasteiger partial charge in [-0.25, -0.2) is 9.37 Å². The largest absolute Gasteiger partial charge is 0.481 e. The van der Waals surface area contributed by atoms with Crippen LogP contribution >= 0.6 is 27.7 Å². The summed E-state index contributed by atoms with van der Waals surface area (Å²) in [4.78, 5) is 14.7. The average molecular weight is 345 g/mol. The first-order valence-corrected chi connectivity index (χ1v) is 7.11. The molecule has 0 fully saturated rings. The number of nitrogens with zero attached hydrogens (tertiary/aromatic N) is 2. The highest BCUT2D eigenvalue weighted by atomic mass is 79.9. The molecule has 0 bridgehead atoms. The van der Waals surface area contributed by atoms with E-state index in [1.54, 1.807) is 23.0 Å². The van der Waals surface area contributed by atoms with Gasteiger partial charge in [-0.15, -0.1) is 0 Å². The lowest BCUT2D eigenvalue weighted by molar-refractivity contribution is -0.133. The van der Waals surface area contributed by atoms with Crippen molar-refractivity contribution in [1.82, 2.24) is 9.55 Å². The van der Waals surface area contributed by atoms with Crippen LogP contribution in [0.4, 0.5) is 4.39 Å². The number of benzene rings is 1. The maximum absolute atomic E-state index is 13.6. The average Bonchev–Trinajstić information content (AvgIpc) is 2.79. The summed E-state index contributed by atoms with van der Waals surface area (Å²) in [5, 5.41) is 9.21. The molecule has 0 aliphatic rings. The van der Waals surface area contributed by atoms with Crippen molar-refractivity contribution >= 4 is 33.7 Å². The lowest BCUT2D eigenvalue weighted by Crippen LogP contribution is -2.03. The molecule has 0 spiro atoms. The molecule has 0 aliphatic heterocycles. The second-order valence-electron chi connectivity index (χ2n) is 3.82. The number of thioether (sulfide) groups is 1. The Morgan fingerprint density at radius 3 is 3.00 bits per heavy atom. The van der Waals surface area contributed by atoms with E-state index in [2.05, 4.69) is 20.9 Å². The first-order valence-electron chi connectivity index (χ1n) is 5.33. The number of halogens is 2. The summed E-state index contributed by atoms with van der Waals surface area (Å²) in [6.45, 7) is 1.85. The third-order valence-electron chi connectivity index (χ3n) is 2.43. The van der Waals surface area contributed by atoms with Crippen LogP contribution in [0.25, 0.3) is 5.69 Å². The Morgan fingerprint density at radius 2 is 2.32 bits per heavy atom. The number of rotatable bonds is 4. The Morgan fingerprint density at radius 1 is 1.58 bits per heavy atom. The number of aryl methyl sites for hydroxylation is 1. The molecular formula is C12H10BrFN2O2S. The van der Waals surface area contributed by atoms with Gasteiger partial charge in [0.05, 0.1) is 15.9 Å². The molecule has 2 aromatic rings. The molecule has 0 radical (unpaired) electrons. The number of imidazole rings is 1. The van der Waals surface area contributed by atoms with Gasteiger partial charge in [0.25, 0.3) is 0 Å². The second kappa shape index (κ2) is 5.75. The summed E-state index contributed by atoms with van der Waals surface area (Å²) >= 11 is 4.22. The molecular weight excluding hydrogens is 335 g/mol. The molecule has 100 valence electrons. The van der Waals surface area contributed by atoms with Crippen molar-refractivity contribution in [3.63, 3.8) is 0 Å². The quantitative estimate of drug-likeness (QED) is 0.865. The number of hydrogen-bond donors (Lipinski definition) is 1. The molecule has 0 unspecified atom stereocenters. The highest BCUT2D eigenvalue weighted by molar-refractivity contribution is 9.10. The topological polar surface area (TPSA) is 55.1 Å². The van der Waals surface area contributed by atoms with Crippen LogP contribution in [0.15, 0.2) is 34.2 Å². The van der Waals surface area contributed by atoms with Crippen molar-refractivity contribution in [1.29, 1.82) is 0 Å². The Balaban J connectivity index is 2.40. The van der Waals surface area contributed by atoms with E-state index in [0.717, 1.165) is 17.3 Å². The number of aliphatic carboxylic acids is 1. The summed E-state index contributed by atoms with van der Waals surface area (Å²) in [5.41, 5.74) is 1.51. The Hall–Kier alpha value is -1.34. The van der Waals surface area contributed by atoms with Crippen molar-refractivity contribution in [2.45, 2.75) is 12.1 Å². The second-order valence-corrected chi connectivity index (χ2v) is 5.61. The number of hydrogen-bond acceptors (Lipinski definition) is 3. The van der Waals surface area contributed by atoms with E-state index in [0.29, 0.717) is 15.3 Å². The monoisotopic (exact) mass is 344 g/mol. The fraction of sp³-hybridized carbons (Fsp3) is 0.167. The van der Waals surface area contributed by atoms with Gasteiger partial charge in [-0.2, -0.15) is 0 Å². The van der Waals surface area contributed by atoms with Crippen LogP contribution in [0.1, 0.15) is 5.56 Å². The van der Waals surface area contributed by atoms with E-state index in [-0.39, 0.29) is 11.6 Å². The Bertz CT molecular complexity index is 630. The van der Waals surface area contributed by atoms with Crippen LogP contribution in [0.2, 0.25) is 0 Å². The number of carbonyl (C=O) groups is 1. The van der Waals surface area contributed by atoms with E-state index >= 15 is 0 Å². The van der Waals surface area contributed by atoms with E-state index in [9.17, 15) is 9.18 Å². The van der Waals surface area contributed by atoms with Crippen LogP contribution in [0.5, 0.6) is 0 Å².